The summed E-state index contributed by atoms with van der Waals surface area (Å²) < 4.78 is 5.73. The smallest absolute Gasteiger partial charge is 0.216 e. The molecule has 1 heterocycles. The summed E-state index contributed by atoms with van der Waals surface area (Å²) in [5.41, 5.74) is 2.42. The minimum Gasteiger partial charge on any atom is -0.490 e. The molecular weight excluding hydrogens is 228 g/mol. The van der Waals surface area contributed by atoms with Crippen LogP contribution < -0.4 is 15.4 Å². The average molecular weight is 248 g/mol. The maximum absolute atomic E-state index is 10.8. The van der Waals surface area contributed by atoms with E-state index < -0.39 is 0 Å². The maximum atomic E-state index is 10.8. The fraction of sp³-hybridized carbons (Fsp3) is 0.500. The third-order valence-electron chi connectivity index (χ3n) is 3.08. The van der Waals surface area contributed by atoms with Crippen LogP contribution in [0.15, 0.2) is 18.2 Å². The number of para-hydroxylation sites is 1. The Morgan fingerprint density at radius 2 is 2.39 bits per heavy atom. The van der Waals surface area contributed by atoms with Crippen molar-refractivity contribution in [1.82, 2.24) is 5.32 Å². The molecule has 0 saturated carbocycles. The number of carbonyl (C=O) groups excluding carboxylic acids is 1. The van der Waals surface area contributed by atoms with Gasteiger partial charge in [0.2, 0.25) is 5.91 Å². The molecule has 1 atom stereocenters. The van der Waals surface area contributed by atoms with E-state index in [1.54, 1.807) is 0 Å². The lowest BCUT2D eigenvalue weighted by atomic mass is 9.98. The fourth-order valence-corrected chi connectivity index (χ4v) is 2.15. The minimum absolute atomic E-state index is 0.0274. The first kappa shape index (κ1) is 12.7. The molecule has 0 radical (unpaired) electrons. The molecule has 18 heavy (non-hydrogen) atoms. The van der Waals surface area contributed by atoms with Gasteiger partial charge in [-0.05, 0) is 31.4 Å². The Morgan fingerprint density at radius 1 is 1.56 bits per heavy atom. The number of rotatable bonds is 4. The topological polar surface area (TPSA) is 50.4 Å². The van der Waals surface area contributed by atoms with Crippen molar-refractivity contribution in [1.29, 1.82) is 0 Å². The van der Waals surface area contributed by atoms with Gasteiger partial charge in [0.15, 0.2) is 0 Å². The van der Waals surface area contributed by atoms with Gasteiger partial charge in [0, 0.05) is 13.0 Å². The number of nitrogens with one attached hydrogen (secondary N) is 2. The van der Waals surface area contributed by atoms with Gasteiger partial charge < -0.3 is 15.4 Å². The zero-order valence-corrected chi connectivity index (χ0v) is 11.0. The quantitative estimate of drug-likeness (QED) is 0.801. The minimum atomic E-state index is -0.0274. The average Bonchev–Trinajstić information content (AvgIpc) is 2.34. The molecule has 98 valence electrons. The molecule has 1 aromatic rings. The van der Waals surface area contributed by atoms with E-state index in [4.69, 9.17) is 4.74 Å². The molecule has 1 aromatic carbocycles. The summed E-state index contributed by atoms with van der Waals surface area (Å²) in [6.45, 7) is 4.71. The number of ether oxygens (including phenoxy) is 1. The number of carbonyl (C=O) groups is 1. The number of hydrogen-bond donors (Lipinski definition) is 2. The third kappa shape index (κ3) is 3.15. The normalized spacial score (nSPS) is 17.6. The van der Waals surface area contributed by atoms with Gasteiger partial charge in [-0.15, -0.1) is 0 Å². The number of aryl methyl sites for hydroxylation is 1. The molecule has 1 aliphatic heterocycles. The van der Waals surface area contributed by atoms with Crippen LogP contribution in [0.3, 0.4) is 0 Å². The van der Waals surface area contributed by atoms with Crippen LogP contribution in [0.4, 0.5) is 5.69 Å². The van der Waals surface area contributed by atoms with Crippen molar-refractivity contribution in [3.05, 3.63) is 23.8 Å². The van der Waals surface area contributed by atoms with Gasteiger partial charge in [-0.1, -0.05) is 12.1 Å². The number of benzene rings is 1. The summed E-state index contributed by atoms with van der Waals surface area (Å²) in [5.74, 6) is 0.852. The van der Waals surface area contributed by atoms with Crippen LogP contribution in [0.5, 0.6) is 5.75 Å². The van der Waals surface area contributed by atoms with E-state index in [-0.39, 0.29) is 5.91 Å². The summed E-state index contributed by atoms with van der Waals surface area (Å²) in [4.78, 5) is 10.8. The van der Waals surface area contributed by atoms with Crippen LogP contribution in [-0.4, -0.2) is 25.1 Å². The summed E-state index contributed by atoms with van der Waals surface area (Å²) in [6.07, 6.45) is 2.24. The van der Waals surface area contributed by atoms with Gasteiger partial charge in [0.1, 0.15) is 12.4 Å². The predicted octanol–water partition coefficient (Wildman–Crippen LogP) is 1.95. The lowest BCUT2D eigenvalue weighted by Crippen LogP contribution is -2.26. The lowest BCUT2D eigenvalue weighted by Gasteiger charge is -2.26. The third-order valence-corrected chi connectivity index (χ3v) is 3.08. The molecule has 0 bridgehead atoms. The Bertz CT molecular complexity index is 432. The van der Waals surface area contributed by atoms with Crippen molar-refractivity contribution in [2.45, 2.75) is 32.7 Å². The zero-order chi connectivity index (χ0) is 13.0. The molecule has 0 aromatic heterocycles. The first-order chi connectivity index (χ1) is 8.66. The van der Waals surface area contributed by atoms with Crippen LogP contribution in [0.1, 0.15) is 25.8 Å². The fourth-order valence-electron chi connectivity index (χ4n) is 2.15. The molecule has 4 heteroatoms. The Labute approximate surface area is 108 Å². The summed E-state index contributed by atoms with van der Waals surface area (Å²) in [7, 11) is 0. The van der Waals surface area contributed by atoms with Gasteiger partial charge in [0.05, 0.1) is 12.2 Å². The molecule has 0 spiro atoms. The van der Waals surface area contributed by atoms with Gasteiger partial charge in [-0.25, -0.2) is 0 Å². The highest BCUT2D eigenvalue weighted by Gasteiger charge is 2.17. The molecule has 4 nitrogen and oxygen atoms in total. The molecule has 0 aliphatic carbocycles. The molecule has 1 unspecified atom stereocenters. The summed E-state index contributed by atoms with van der Waals surface area (Å²) in [5, 5.41) is 6.19. The SMILES string of the molecule is CC(=O)NCCOc1cccc2c1NC(C)CC2. The highest BCUT2D eigenvalue weighted by molar-refractivity contribution is 5.72. The molecule has 1 amide bonds. The van der Waals surface area contributed by atoms with Crippen molar-refractivity contribution < 1.29 is 9.53 Å². The molecule has 1 aliphatic rings. The Kier molecular flexibility index (Phi) is 4.07. The van der Waals surface area contributed by atoms with Crippen LogP contribution in [0, 0.1) is 0 Å². The van der Waals surface area contributed by atoms with E-state index in [0.29, 0.717) is 19.2 Å². The first-order valence-corrected chi connectivity index (χ1v) is 6.42. The Hall–Kier alpha value is -1.71. The van der Waals surface area contributed by atoms with Crippen LogP contribution in [0.2, 0.25) is 0 Å². The molecule has 2 N–H and O–H groups in total. The Morgan fingerprint density at radius 3 is 3.17 bits per heavy atom. The number of hydrogen-bond acceptors (Lipinski definition) is 3. The van der Waals surface area contributed by atoms with Gasteiger partial charge in [-0.3, -0.25) is 4.79 Å². The monoisotopic (exact) mass is 248 g/mol. The largest absolute Gasteiger partial charge is 0.490 e. The second kappa shape index (κ2) is 5.76. The van der Waals surface area contributed by atoms with E-state index in [1.807, 2.05) is 12.1 Å². The number of amides is 1. The number of anilines is 1. The molecule has 0 fully saturated rings. The van der Waals surface area contributed by atoms with E-state index in [9.17, 15) is 4.79 Å². The van der Waals surface area contributed by atoms with Gasteiger partial charge in [-0.2, -0.15) is 0 Å². The van der Waals surface area contributed by atoms with Crippen LogP contribution >= 0.6 is 0 Å². The lowest BCUT2D eigenvalue weighted by molar-refractivity contribution is -0.119. The summed E-state index contributed by atoms with van der Waals surface area (Å²) >= 11 is 0. The van der Waals surface area contributed by atoms with Crippen molar-refractivity contribution in [3.63, 3.8) is 0 Å². The molecule has 0 saturated heterocycles. The summed E-state index contributed by atoms with van der Waals surface area (Å²) in [6, 6.07) is 6.61. The van der Waals surface area contributed by atoms with Crippen molar-refractivity contribution in [3.8, 4) is 5.75 Å². The van der Waals surface area contributed by atoms with Crippen molar-refractivity contribution in [2.24, 2.45) is 0 Å². The zero-order valence-electron chi connectivity index (χ0n) is 11.0. The van der Waals surface area contributed by atoms with E-state index in [1.165, 1.54) is 12.5 Å². The van der Waals surface area contributed by atoms with E-state index in [2.05, 4.69) is 23.6 Å². The van der Waals surface area contributed by atoms with Gasteiger partial charge in [0.25, 0.3) is 0 Å². The van der Waals surface area contributed by atoms with Gasteiger partial charge >= 0.3 is 0 Å². The maximum Gasteiger partial charge on any atom is 0.216 e. The van der Waals surface area contributed by atoms with Crippen LogP contribution in [0.25, 0.3) is 0 Å². The second-order valence-electron chi connectivity index (χ2n) is 4.71. The Balaban J connectivity index is 1.98. The van der Waals surface area contributed by atoms with Crippen LogP contribution in [-0.2, 0) is 11.2 Å². The van der Waals surface area contributed by atoms with E-state index in [0.717, 1.165) is 24.3 Å². The molecular formula is C14H20N2O2. The van der Waals surface area contributed by atoms with Crippen molar-refractivity contribution >= 4 is 11.6 Å². The first-order valence-electron chi connectivity index (χ1n) is 6.42. The standard InChI is InChI=1S/C14H20N2O2/c1-10-6-7-12-4-3-5-13(14(12)16-10)18-9-8-15-11(2)17/h3-5,10,16H,6-9H2,1-2H3,(H,15,17). The predicted molar refractivity (Wildman–Crippen MR) is 72.0 cm³/mol. The van der Waals surface area contributed by atoms with Crippen molar-refractivity contribution in [2.75, 3.05) is 18.5 Å². The highest BCUT2D eigenvalue weighted by atomic mass is 16.5. The highest BCUT2D eigenvalue weighted by Crippen LogP contribution is 2.33. The second-order valence-corrected chi connectivity index (χ2v) is 4.71. The number of fused-ring (bicyclic) bond motifs is 1. The van der Waals surface area contributed by atoms with E-state index >= 15 is 0 Å². The molecule has 2 rings (SSSR count).